The molecule has 0 aliphatic heterocycles. The van der Waals surface area contributed by atoms with Gasteiger partial charge in [-0.3, -0.25) is 0 Å². The summed E-state index contributed by atoms with van der Waals surface area (Å²) < 4.78 is 28.1. The van der Waals surface area contributed by atoms with Crippen molar-refractivity contribution in [2.24, 2.45) is 0 Å². The van der Waals surface area contributed by atoms with Crippen LogP contribution in [0.1, 0.15) is 11.7 Å². The summed E-state index contributed by atoms with van der Waals surface area (Å²) in [7, 11) is 0. The minimum Gasteiger partial charge on any atom is -0.387 e. The zero-order valence-electron chi connectivity index (χ0n) is 9.48. The summed E-state index contributed by atoms with van der Waals surface area (Å²) in [6.45, 7) is 0.493. The van der Waals surface area contributed by atoms with Crippen molar-refractivity contribution in [3.63, 3.8) is 0 Å². The Labute approximate surface area is 99.4 Å². The molecule has 1 rings (SSSR count). The van der Waals surface area contributed by atoms with E-state index in [1.54, 1.807) is 0 Å². The highest BCUT2D eigenvalue weighted by molar-refractivity contribution is 5.17. The van der Waals surface area contributed by atoms with E-state index in [1.165, 1.54) is 0 Å². The molecule has 0 saturated heterocycles. The molecule has 17 heavy (non-hydrogen) atoms. The topological polar surface area (TPSA) is 41.5 Å². The van der Waals surface area contributed by atoms with E-state index in [9.17, 15) is 13.9 Å². The molecule has 1 aromatic carbocycles. The van der Waals surface area contributed by atoms with E-state index in [0.717, 1.165) is 5.56 Å². The van der Waals surface area contributed by atoms with E-state index in [-0.39, 0.29) is 6.61 Å². The smallest absolute Gasteiger partial charge is 0.261 e. The summed E-state index contributed by atoms with van der Waals surface area (Å²) in [5.41, 5.74) is 0.827. The van der Waals surface area contributed by atoms with Crippen LogP contribution < -0.4 is 5.32 Å². The zero-order chi connectivity index (χ0) is 12.5. The first kappa shape index (κ1) is 14.0. The third-order valence-electron chi connectivity index (χ3n) is 2.19. The Balaban J connectivity index is 2.07. The van der Waals surface area contributed by atoms with Gasteiger partial charge in [-0.25, -0.2) is 8.78 Å². The number of aliphatic hydroxyl groups excluding tert-OH is 1. The number of benzene rings is 1. The van der Waals surface area contributed by atoms with Crippen LogP contribution in [0, 0.1) is 0 Å². The number of nitrogens with one attached hydrogen (secondary N) is 1. The Hall–Kier alpha value is -1.04. The number of hydrogen-bond acceptors (Lipinski definition) is 3. The van der Waals surface area contributed by atoms with Crippen molar-refractivity contribution in [1.82, 2.24) is 5.32 Å². The maximum atomic E-state index is 11.7. The number of hydrogen-bond donors (Lipinski definition) is 2. The average Bonchev–Trinajstić information content (AvgIpc) is 2.34. The largest absolute Gasteiger partial charge is 0.387 e. The van der Waals surface area contributed by atoms with Crippen LogP contribution in [0.4, 0.5) is 8.78 Å². The van der Waals surface area contributed by atoms with E-state index in [4.69, 9.17) is 0 Å². The quantitative estimate of drug-likeness (QED) is 0.683. The molecule has 1 aromatic rings. The Morgan fingerprint density at radius 1 is 1.24 bits per heavy atom. The Morgan fingerprint density at radius 3 is 2.59 bits per heavy atom. The molecule has 5 heteroatoms. The van der Waals surface area contributed by atoms with Crippen LogP contribution in [0.2, 0.25) is 0 Å². The fourth-order valence-electron chi connectivity index (χ4n) is 1.35. The number of rotatable bonds is 8. The van der Waals surface area contributed by atoms with Crippen molar-refractivity contribution in [3.8, 4) is 0 Å². The molecule has 0 fully saturated rings. The van der Waals surface area contributed by atoms with Gasteiger partial charge >= 0.3 is 0 Å². The van der Waals surface area contributed by atoms with Crippen molar-refractivity contribution in [1.29, 1.82) is 0 Å². The highest BCUT2D eigenvalue weighted by Gasteiger charge is 2.05. The van der Waals surface area contributed by atoms with Crippen LogP contribution in [0.15, 0.2) is 30.3 Å². The summed E-state index contributed by atoms with van der Waals surface area (Å²) >= 11 is 0. The van der Waals surface area contributed by atoms with Crippen molar-refractivity contribution in [2.45, 2.75) is 12.5 Å². The molecule has 2 N–H and O–H groups in total. The van der Waals surface area contributed by atoms with Crippen LogP contribution in [-0.4, -0.2) is 37.8 Å². The van der Waals surface area contributed by atoms with Gasteiger partial charge in [0.15, 0.2) is 0 Å². The summed E-state index contributed by atoms with van der Waals surface area (Å²) in [6.07, 6.45) is -3.02. The van der Waals surface area contributed by atoms with Gasteiger partial charge in [0.05, 0.1) is 12.7 Å². The predicted molar refractivity (Wildman–Crippen MR) is 61.1 cm³/mol. The third-order valence-corrected chi connectivity index (χ3v) is 2.19. The molecule has 0 aliphatic carbocycles. The summed E-state index contributed by atoms with van der Waals surface area (Å²) in [4.78, 5) is 0. The van der Waals surface area contributed by atoms with Crippen molar-refractivity contribution in [3.05, 3.63) is 35.9 Å². The molecule has 0 aliphatic rings. The van der Waals surface area contributed by atoms with E-state index < -0.39 is 19.1 Å². The second-order valence-corrected chi connectivity index (χ2v) is 3.60. The molecule has 1 unspecified atom stereocenters. The summed E-state index contributed by atoms with van der Waals surface area (Å²) in [5, 5.41) is 12.7. The predicted octanol–water partition coefficient (Wildman–Crippen LogP) is 1.59. The Bertz CT molecular complexity index is 296. The normalized spacial score (nSPS) is 12.9. The molecule has 3 nitrogen and oxygen atoms in total. The van der Waals surface area contributed by atoms with Gasteiger partial charge in [-0.05, 0) is 5.56 Å². The molecule has 0 heterocycles. The lowest BCUT2D eigenvalue weighted by Crippen LogP contribution is -2.25. The van der Waals surface area contributed by atoms with Gasteiger partial charge < -0.3 is 15.2 Å². The fourth-order valence-corrected chi connectivity index (χ4v) is 1.35. The van der Waals surface area contributed by atoms with E-state index >= 15 is 0 Å². The van der Waals surface area contributed by atoms with Gasteiger partial charge in [0.2, 0.25) is 0 Å². The van der Waals surface area contributed by atoms with Crippen molar-refractivity contribution < 1.29 is 18.6 Å². The molecular weight excluding hydrogens is 228 g/mol. The monoisotopic (exact) mass is 245 g/mol. The molecule has 0 saturated carbocycles. The number of alkyl halides is 2. The Morgan fingerprint density at radius 2 is 1.94 bits per heavy atom. The first-order chi connectivity index (χ1) is 8.20. The molecular formula is C12H17F2NO2. The molecule has 0 bridgehead atoms. The minimum atomic E-state index is -2.43. The zero-order valence-corrected chi connectivity index (χ0v) is 9.48. The second-order valence-electron chi connectivity index (χ2n) is 3.60. The minimum absolute atomic E-state index is 0.214. The van der Waals surface area contributed by atoms with Crippen LogP contribution >= 0.6 is 0 Å². The van der Waals surface area contributed by atoms with E-state index in [1.807, 2.05) is 30.3 Å². The lowest BCUT2D eigenvalue weighted by Gasteiger charge is -2.12. The number of halogens is 2. The van der Waals surface area contributed by atoms with Gasteiger partial charge in [-0.15, -0.1) is 0 Å². The van der Waals surface area contributed by atoms with E-state index in [2.05, 4.69) is 10.1 Å². The summed E-state index contributed by atoms with van der Waals surface area (Å²) in [6, 6.07) is 9.25. The SMILES string of the molecule is OC(CNCCOCC(F)F)c1ccccc1. The van der Waals surface area contributed by atoms with Gasteiger partial charge in [-0.1, -0.05) is 30.3 Å². The summed E-state index contributed by atoms with van der Waals surface area (Å²) in [5.74, 6) is 0. The van der Waals surface area contributed by atoms with Crippen LogP contribution in [0.25, 0.3) is 0 Å². The lowest BCUT2D eigenvalue weighted by atomic mass is 10.1. The number of aliphatic hydroxyl groups is 1. The highest BCUT2D eigenvalue weighted by atomic mass is 19.3. The fraction of sp³-hybridized carbons (Fsp3) is 0.500. The maximum absolute atomic E-state index is 11.7. The molecule has 0 amide bonds. The Kier molecular flexibility index (Phi) is 6.69. The molecule has 0 radical (unpaired) electrons. The third kappa shape index (κ3) is 6.31. The molecule has 0 aromatic heterocycles. The molecule has 96 valence electrons. The second kappa shape index (κ2) is 8.11. The lowest BCUT2D eigenvalue weighted by molar-refractivity contribution is 0.0181. The average molecular weight is 245 g/mol. The first-order valence-electron chi connectivity index (χ1n) is 5.49. The van der Waals surface area contributed by atoms with E-state index in [0.29, 0.717) is 13.1 Å². The van der Waals surface area contributed by atoms with Gasteiger partial charge in [0.25, 0.3) is 6.43 Å². The van der Waals surface area contributed by atoms with Crippen molar-refractivity contribution in [2.75, 3.05) is 26.3 Å². The molecule has 0 spiro atoms. The molecule has 1 atom stereocenters. The highest BCUT2D eigenvalue weighted by Crippen LogP contribution is 2.10. The van der Waals surface area contributed by atoms with Crippen LogP contribution in [0.5, 0.6) is 0 Å². The first-order valence-corrected chi connectivity index (χ1v) is 5.49. The number of ether oxygens (including phenoxy) is 1. The standard InChI is InChI=1S/C12H17F2NO2/c13-12(14)9-17-7-6-15-8-11(16)10-4-2-1-3-5-10/h1-5,11-12,15-16H,6-9H2. The van der Waals surface area contributed by atoms with Crippen LogP contribution in [-0.2, 0) is 4.74 Å². The van der Waals surface area contributed by atoms with Crippen LogP contribution in [0.3, 0.4) is 0 Å². The van der Waals surface area contributed by atoms with Gasteiger partial charge in [0.1, 0.15) is 6.61 Å². The maximum Gasteiger partial charge on any atom is 0.261 e. The van der Waals surface area contributed by atoms with Gasteiger partial charge in [0, 0.05) is 13.1 Å². The van der Waals surface area contributed by atoms with Gasteiger partial charge in [-0.2, -0.15) is 0 Å². The van der Waals surface area contributed by atoms with Crippen molar-refractivity contribution >= 4 is 0 Å².